The normalized spacial score (nSPS) is 16.9. The van der Waals surface area contributed by atoms with Gasteiger partial charge in [-0.2, -0.15) is 0 Å². The Hall–Kier alpha value is -0.730. The third-order valence-electron chi connectivity index (χ3n) is 2.70. The van der Waals surface area contributed by atoms with Crippen LogP contribution >= 0.6 is 11.6 Å². The zero-order chi connectivity index (χ0) is 10.5. The summed E-state index contributed by atoms with van der Waals surface area (Å²) in [6, 6.07) is 7.62. The fourth-order valence-electron chi connectivity index (χ4n) is 1.85. The number of hydrogen-bond acceptors (Lipinski definition) is 2. The maximum Gasteiger partial charge on any atom is 0.137 e. The van der Waals surface area contributed by atoms with Gasteiger partial charge in [0.2, 0.25) is 0 Å². The Kier molecular flexibility index (Phi) is 3.87. The summed E-state index contributed by atoms with van der Waals surface area (Å²) in [6.07, 6.45) is 2.65. The van der Waals surface area contributed by atoms with Crippen LogP contribution in [-0.4, -0.2) is 31.1 Å². The lowest BCUT2D eigenvalue weighted by Gasteiger charge is -2.15. The Balaban J connectivity index is 1.75. The van der Waals surface area contributed by atoms with Crippen LogP contribution in [0.25, 0.3) is 0 Å². The third kappa shape index (κ3) is 3.11. The van der Waals surface area contributed by atoms with Crippen molar-refractivity contribution in [1.29, 1.82) is 0 Å². The molecule has 1 heterocycles. The molecule has 1 aromatic carbocycles. The summed E-state index contributed by atoms with van der Waals surface area (Å²) in [5, 5.41) is 0.693. The van der Waals surface area contributed by atoms with Crippen LogP contribution in [-0.2, 0) is 0 Å². The van der Waals surface area contributed by atoms with Crippen molar-refractivity contribution in [2.75, 3.05) is 26.2 Å². The molecule has 2 nitrogen and oxygen atoms in total. The van der Waals surface area contributed by atoms with E-state index < -0.39 is 0 Å². The number of para-hydroxylation sites is 1. The molecular formula is C12H16ClNO. The molecule has 0 aliphatic carbocycles. The zero-order valence-corrected chi connectivity index (χ0v) is 9.54. The SMILES string of the molecule is Clc1ccccc1OCCN1CCCC1. The minimum absolute atomic E-state index is 0.693. The van der Waals surface area contributed by atoms with E-state index in [1.54, 1.807) is 0 Å². The summed E-state index contributed by atoms with van der Waals surface area (Å²) in [5.74, 6) is 0.790. The number of halogens is 1. The van der Waals surface area contributed by atoms with Gasteiger partial charge >= 0.3 is 0 Å². The standard InChI is InChI=1S/C12H16ClNO/c13-11-5-1-2-6-12(11)15-10-9-14-7-3-4-8-14/h1-2,5-6H,3-4,7-10H2. The highest BCUT2D eigenvalue weighted by Gasteiger charge is 2.10. The van der Waals surface area contributed by atoms with Crippen molar-refractivity contribution in [3.8, 4) is 5.75 Å². The molecule has 3 heteroatoms. The average Bonchev–Trinajstić information content (AvgIpc) is 2.74. The highest BCUT2D eigenvalue weighted by atomic mass is 35.5. The van der Waals surface area contributed by atoms with Crippen LogP contribution < -0.4 is 4.74 Å². The zero-order valence-electron chi connectivity index (χ0n) is 8.79. The van der Waals surface area contributed by atoms with E-state index in [0.717, 1.165) is 18.9 Å². The lowest BCUT2D eigenvalue weighted by atomic mass is 10.3. The maximum atomic E-state index is 5.98. The van der Waals surface area contributed by atoms with Crippen molar-refractivity contribution >= 4 is 11.6 Å². The Labute approximate surface area is 95.8 Å². The fourth-order valence-corrected chi connectivity index (χ4v) is 2.04. The molecule has 0 radical (unpaired) electrons. The quantitative estimate of drug-likeness (QED) is 0.782. The Bertz CT molecular complexity index is 310. The molecule has 0 atom stereocenters. The second kappa shape index (κ2) is 5.38. The van der Waals surface area contributed by atoms with Gasteiger partial charge in [0.15, 0.2) is 0 Å². The van der Waals surface area contributed by atoms with Crippen LogP contribution in [0.4, 0.5) is 0 Å². The molecule has 1 fully saturated rings. The molecule has 0 saturated carbocycles. The molecule has 82 valence electrons. The van der Waals surface area contributed by atoms with E-state index in [2.05, 4.69) is 4.90 Å². The predicted octanol–water partition coefficient (Wildman–Crippen LogP) is 2.81. The molecule has 0 unspecified atom stereocenters. The van der Waals surface area contributed by atoms with E-state index in [9.17, 15) is 0 Å². The summed E-state index contributed by atoms with van der Waals surface area (Å²) in [6.45, 7) is 4.16. The van der Waals surface area contributed by atoms with Crippen molar-refractivity contribution in [2.45, 2.75) is 12.8 Å². The largest absolute Gasteiger partial charge is 0.491 e. The minimum atomic E-state index is 0.693. The van der Waals surface area contributed by atoms with Crippen LogP contribution in [0.3, 0.4) is 0 Å². The maximum absolute atomic E-state index is 5.98. The van der Waals surface area contributed by atoms with Crippen LogP contribution in [0.1, 0.15) is 12.8 Å². The van der Waals surface area contributed by atoms with Gasteiger partial charge in [0.1, 0.15) is 12.4 Å². The van der Waals surface area contributed by atoms with Crippen molar-refractivity contribution in [2.24, 2.45) is 0 Å². The van der Waals surface area contributed by atoms with Crippen LogP contribution in [0.5, 0.6) is 5.75 Å². The van der Waals surface area contributed by atoms with Gasteiger partial charge < -0.3 is 4.74 Å². The van der Waals surface area contributed by atoms with E-state index in [0.29, 0.717) is 5.02 Å². The van der Waals surface area contributed by atoms with Gasteiger partial charge in [0, 0.05) is 6.54 Å². The number of nitrogens with zero attached hydrogens (tertiary/aromatic N) is 1. The van der Waals surface area contributed by atoms with Crippen LogP contribution in [0, 0.1) is 0 Å². The first-order chi connectivity index (χ1) is 7.36. The van der Waals surface area contributed by atoms with E-state index in [1.165, 1.54) is 25.9 Å². The summed E-state index contributed by atoms with van der Waals surface area (Å²) in [4.78, 5) is 2.43. The Morgan fingerprint density at radius 2 is 1.93 bits per heavy atom. The molecule has 1 saturated heterocycles. The number of ether oxygens (including phenoxy) is 1. The monoisotopic (exact) mass is 225 g/mol. The molecular weight excluding hydrogens is 210 g/mol. The van der Waals surface area contributed by atoms with Gasteiger partial charge in [0.05, 0.1) is 5.02 Å². The first kappa shape index (κ1) is 10.8. The van der Waals surface area contributed by atoms with Crippen molar-refractivity contribution < 1.29 is 4.74 Å². The highest BCUT2D eigenvalue weighted by Crippen LogP contribution is 2.22. The van der Waals surface area contributed by atoms with Crippen molar-refractivity contribution in [1.82, 2.24) is 4.90 Å². The van der Waals surface area contributed by atoms with Gasteiger partial charge in [-0.3, -0.25) is 4.90 Å². The average molecular weight is 226 g/mol. The molecule has 1 aliphatic heterocycles. The summed E-state index contributed by atoms with van der Waals surface area (Å²) < 4.78 is 5.63. The summed E-state index contributed by atoms with van der Waals surface area (Å²) in [7, 11) is 0. The minimum Gasteiger partial charge on any atom is -0.491 e. The molecule has 1 aliphatic rings. The van der Waals surface area contributed by atoms with Gasteiger partial charge in [-0.1, -0.05) is 23.7 Å². The number of rotatable bonds is 4. The first-order valence-electron chi connectivity index (χ1n) is 5.46. The molecule has 0 bridgehead atoms. The molecule has 15 heavy (non-hydrogen) atoms. The van der Waals surface area contributed by atoms with Crippen LogP contribution in [0.15, 0.2) is 24.3 Å². The van der Waals surface area contributed by atoms with Crippen molar-refractivity contribution in [3.05, 3.63) is 29.3 Å². The Morgan fingerprint density at radius 1 is 1.20 bits per heavy atom. The van der Waals surface area contributed by atoms with E-state index in [1.807, 2.05) is 24.3 Å². The van der Waals surface area contributed by atoms with E-state index in [-0.39, 0.29) is 0 Å². The lowest BCUT2D eigenvalue weighted by molar-refractivity contribution is 0.238. The van der Waals surface area contributed by atoms with Gasteiger partial charge in [-0.05, 0) is 38.1 Å². The number of likely N-dealkylation sites (tertiary alicyclic amines) is 1. The number of benzene rings is 1. The van der Waals surface area contributed by atoms with Gasteiger partial charge in [-0.25, -0.2) is 0 Å². The molecule has 0 amide bonds. The molecule has 0 spiro atoms. The van der Waals surface area contributed by atoms with Gasteiger partial charge in [-0.15, -0.1) is 0 Å². The first-order valence-corrected chi connectivity index (χ1v) is 5.84. The fraction of sp³-hybridized carbons (Fsp3) is 0.500. The number of hydrogen-bond donors (Lipinski definition) is 0. The van der Waals surface area contributed by atoms with E-state index >= 15 is 0 Å². The summed E-state index contributed by atoms with van der Waals surface area (Å²) >= 11 is 5.98. The second-order valence-electron chi connectivity index (χ2n) is 3.83. The second-order valence-corrected chi connectivity index (χ2v) is 4.23. The Morgan fingerprint density at radius 3 is 2.67 bits per heavy atom. The molecule has 0 N–H and O–H groups in total. The third-order valence-corrected chi connectivity index (χ3v) is 3.01. The lowest BCUT2D eigenvalue weighted by Crippen LogP contribution is -2.25. The van der Waals surface area contributed by atoms with Crippen molar-refractivity contribution in [3.63, 3.8) is 0 Å². The smallest absolute Gasteiger partial charge is 0.137 e. The molecule has 2 rings (SSSR count). The molecule has 0 aromatic heterocycles. The molecule has 1 aromatic rings. The predicted molar refractivity (Wildman–Crippen MR) is 62.6 cm³/mol. The highest BCUT2D eigenvalue weighted by molar-refractivity contribution is 6.32. The van der Waals surface area contributed by atoms with Crippen LogP contribution in [0.2, 0.25) is 5.02 Å². The summed E-state index contributed by atoms with van der Waals surface area (Å²) in [5.41, 5.74) is 0. The van der Waals surface area contributed by atoms with E-state index in [4.69, 9.17) is 16.3 Å². The van der Waals surface area contributed by atoms with Gasteiger partial charge in [0.25, 0.3) is 0 Å². The topological polar surface area (TPSA) is 12.5 Å².